The highest BCUT2D eigenvalue weighted by atomic mass is 19.1. The molecule has 1 aliphatic rings. The Balaban J connectivity index is 1.71. The maximum atomic E-state index is 14.2. The van der Waals surface area contributed by atoms with E-state index in [1.54, 1.807) is 16.1 Å². The Labute approximate surface area is 177 Å². The van der Waals surface area contributed by atoms with Crippen LogP contribution in [0.4, 0.5) is 8.78 Å². The molecule has 1 aliphatic carbocycles. The molecule has 0 unspecified atom stereocenters. The Morgan fingerprint density at radius 2 is 1.97 bits per heavy atom. The lowest BCUT2D eigenvalue weighted by Crippen LogP contribution is -2.45. The monoisotopic (exact) mass is 430 g/mol. The minimum atomic E-state index is -0.735. The first kappa shape index (κ1) is 21.4. The number of hydroxylamine groups is 1. The van der Waals surface area contributed by atoms with E-state index in [2.05, 4.69) is 10.3 Å². The Morgan fingerprint density at radius 3 is 2.65 bits per heavy atom. The van der Waals surface area contributed by atoms with Crippen molar-refractivity contribution in [1.29, 1.82) is 0 Å². The van der Waals surface area contributed by atoms with Gasteiger partial charge in [-0.3, -0.25) is 10.0 Å². The molecule has 0 atom stereocenters. The van der Waals surface area contributed by atoms with Crippen LogP contribution in [-0.4, -0.2) is 37.9 Å². The van der Waals surface area contributed by atoms with E-state index in [1.165, 1.54) is 18.3 Å². The van der Waals surface area contributed by atoms with Crippen LogP contribution < -0.4 is 10.8 Å². The molecule has 3 aromatic rings. The average Bonchev–Trinajstić information content (AvgIpc) is 3.39. The molecule has 9 heteroatoms. The summed E-state index contributed by atoms with van der Waals surface area (Å²) in [7, 11) is 0. The number of pyridine rings is 1. The van der Waals surface area contributed by atoms with Crippen LogP contribution in [0.15, 0.2) is 36.7 Å². The van der Waals surface area contributed by atoms with Crippen molar-refractivity contribution < 1.29 is 23.9 Å². The third-order valence-corrected chi connectivity index (χ3v) is 6.06. The second kappa shape index (κ2) is 8.70. The van der Waals surface area contributed by atoms with E-state index in [9.17, 15) is 18.7 Å². The number of aromatic nitrogens is 2. The molecule has 4 N–H and O–H groups in total. The first-order valence-electron chi connectivity index (χ1n) is 10.2. The Bertz CT molecular complexity index is 1110. The molecule has 2 aromatic heterocycles. The Hall–Kier alpha value is -2.88. The number of aliphatic hydroxyl groups is 1. The molecular formula is C22H24F2N4O3. The van der Waals surface area contributed by atoms with Gasteiger partial charge in [0.2, 0.25) is 0 Å². The lowest BCUT2D eigenvalue weighted by Gasteiger charge is -2.28. The van der Waals surface area contributed by atoms with E-state index in [4.69, 9.17) is 5.21 Å². The second-order valence-electron chi connectivity index (χ2n) is 8.04. The van der Waals surface area contributed by atoms with Crippen LogP contribution >= 0.6 is 0 Å². The predicted molar refractivity (Wildman–Crippen MR) is 110 cm³/mol. The number of nitrogens with one attached hydrogen (secondary N) is 2. The van der Waals surface area contributed by atoms with Crippen molar-refractivity contribution >= 4 is 16.8 Å². The van der Waals surface area contributed by atoms with Gasteiger partial charge in [0.1, 0.15) is 17.3 Å². The lowest BCUT2D eigenvalue weighted by atomic mass is 9.98. The summed E-state index contributed by atoms with van der Waals surface area (Å²) in [6.45, 7) is 0.618. The van der Waals surface area contributed by atoms with Gasteiger partial charge in [-0.25, -0.2) is 19.2 Å². The van der Waals surface area contributed by atoms with Gasteiger partial charge in [-0.05, 0) is 30.5 Å². The summed E-state index contributed by atoms with van der Waals surface area (Å²) in [6, 6.07) is 5.01. The van der Waals surface area contributed by atoms with Crippen LogP contribution in [0.25, 0.3) is 10.9 Å². The summed E-state index contributed by atoms with van der Waals surface area (Å²) < 4.78 is 29.3. The van der Waals surface area contributed by atoms with Crippen LogP contribution in [0.1, 0.15) is 47.3 Å². The number of benzene rings is 1. The van der Waals surface area contributed by atoms with E-state index >= 15 is 0 Å². The van der Waals surface area contributed by atoms with E-state index in [1.807, 2.05) is 6.20 Å². The minimum Gasteiger partial charge on any atom is -0.394 e. The van der Waals surface area contributed by atoms with Gasteiger partial charge in [-0.15, -0.1) is 0 Å². The zero-order valence-electron chi connectivity index (χ0n) is 16.9. The molecule has 7 nitrogen and oxygen atoms in total. The topological polar surface area (TPSA) is 99.4 Å². The van der Waals surface area contributed by atoms with Gasteiger partial charge in [0, 0.05) is 35.3 Å². The first-order chi connectivity index (χ1) is 14.9. The number of carbonyl (C=O) groups is 1. The number of nitrogens with zero attached hydrogens (tertiary/aromatic N) is 2. The minimum absolute atomic E-state index is 0.0339. The number of carbonyl (C=O) groups excluding carboxylic acids is 1. The fourth-order valence-electron chi connectivity index (χ4n) is 4.27. The van der Waals surface area contributed by atoms with Gasteiger partial charge in [0.05, 0.1) is 24.9 Å². The molecule has 1 aromatic carbocycles. The van der Waals surface area contributed by atoms with Crippen molar-refractivity contribution in [1.82, 2.24) is 20.3 Å². The molecule has 0 saturated heterocycles. The van der Waals surface area contributed by atoms with Crippen molar-refractivity contribution in [2.45, 2.75) is 44.3 Å². The number of halogens is 2. The smallest absolute Gasteiger partial charge is 0.293 e. The summed E-state index contributed by atoms with van der Waals surface area (Å²) in [5, 5.41) is 23.0. The third-order valence-electron chi connectivity index (χ3n) is 6.06. The number of fused-ring (bicyclic) bond motifs is 1. The van der Waals surface area contributed by atoms with Crippen molar-refractivity contribution in [3.05, 3.63) is 65.1 Å². The number of hydrogen-bond donors (Lipinski definition) is 4. The van der Waals surface area contributed by atoms with Crippen LogP contribution in [-0.2, 0) is 13.1 Å². The highest BCUT2D eigenvalue weighted by molar-refractivity contribution is 5.96. The summed E-state index contributed by atoms with van der Waals surface area (Å²) in [6.07, 6.45) is 7.17. The Kier molecular flexibility index (Phi) is 5.99. The SMILES string of the molecule is O=C(NO)c1cc2c(CNC3(CO)CCCC3)cn(Cc3ccc(F)cc3F)c2cn1. The third kappa shape index (κ3) is 4.30. The largest absolute Gasteiger partial charge is 0.394 e. The van der Waals surface area contributed by atoms with Gasteiger partial charge in [-0.1, -0.05) is 18.9 Å². The molecule has 1 saturated carbocycles. The molecule has 2 heterocycles. The standard InChI is InChI=1S/C22H24F2N4O3/c23-16-4-3-14(18(24)7-16)11-28-12-15(9-26-22(13-29)5-1-2-6-22)17-8-19(21(30)27-31)25-10-20(17)28/h3-4,7-8,10,12,26,29,31H,1-2,5-6,9,11,13H2,(H,27,30). The zero-order valence-corrected chi connectivity index (χ0v) is 16.9. The lowest BCUT2D eigenvalue weighted by molar-refractivity contribution is 0.0701. The van der Waals surface area contributed by atoms with Gasteiger partial charge in [0.25, 0.3) is 5.91 Å². The van der Waals surface area contributed by atoms with E-state index in [0.717, 1.165) is 42.7 Å². The van der Waals surface area contributed by atoms with Crippen LogP contribution in [0.2, 0.25) is 0 Å². The molecule has 0 bridgehead atoms. The fraction of sp³-hybridized carbons (Fsp3) is 0.364. The molecule has 0 aliphatic heterocycles. The molecule has 4 rings (SSSR count). The summed E-state index contributed by atoms with van der Waals surface area (Å²) in [5.74, 6) is -2.02. The van der Waals surface area contributed by atoms with E-state index in [0.29, 0.717) is 17.6 Å². The molecule has 0 spiro atoms. The normalized spacial score (nSPS) is 15.5. The van der Waals surface area contributed by atoms with Crippen LogP contribution in [0.3, 0.4) is 0 Å². The van der Waals surface area contributed by atoms with E-state index in [-0.39, 0.29) is 24.4 Å². The maximum absolute atomic E-state index is 14.2. The molecule has 31 heavy (non-hydrogen) atoms. The van der Waals surface area contributed by atoms with Crippen molar-refractivity contribution in [2.75, 3.05) is 6.61 Å². The molecule has 1 amide bonds. The van der Waals surface area contributed by atoms with Crippen molar-refractivity contribution in [3.8, 4) is 0 Å². The van der Waals surface area contributed by atoms with Gasteiger partial charge >= 0.3 is 0 Å². The van der Waals surface area contributed by atoms with Crippen molar-refractivity contribution in [2.24, 2.45) is 0 Å². The van der Waals surface area contributed by atoms with Gasteiger partial charge in [0.15, 0.2) is 0 Å². The maximum Gasteiger partial charge on any atom is 0.293 e. The molecule has 164 valence electrons. The molecular weight excluding hydrogens is 406 g/mol. The number of rotatable bonds is 7. The predicted octanol–water partition coefficient (Wildman–Crippen LogP) is 2.88. The van der Waals surface area contributed by atoms with Gasteiger partial charge < -0.3 is 15.0 Å². The summed E-state index contributed by atoms with van der Waals surface area (Å²) in [5.41, 5.74) is 3.10. The summed E-state index contributed by atoms with van der Waals surface area (Å²) >= 11 is 0. The fourth-order valence-corrected chi connectivity index (χ4v) is 4.27. The molecule has 1 fully saturated rings. The number of hydrogen-bond acceptors (Lipinski definition) is 5. The molecule has 0 radical (unpaired) electrons. The van der Waals surface area contributed by atoms with Gasteiger partial charge in [-0.2, -0.15) is 0 Å². The highest BCUT2D eigenvalue weighted by Gasteiger charge is 2.32. The summed E-state index contributed by atoms with van der Waals surface area (Å²) in [4.78, 5) is 15.9. The highest BCUT2D eigenvalue weighted by Crippen LogP contribution is 2.31. The van der Waals surface area contributed by atoms with Crippen LogP contribution in [0, 0.1) is 11.6 Å². The van der Waals surface area contributed by atoms with E-state index < -0.39 is 17.5 Å². The first-order valence-corrected chi connectivity index (χ1v) is 10.2. The number of aliphatic hydroxyl groups excluding tert-OH is 1. The van der Waals surface area contributed by atoms with Crippen LogP contribution in [0.5, 0.6) is 0 Å². The number of amides is 1. The average molecular weight is 430 g/mol. The second-order valence-corrected chi connectivity index (χ2v) is 8.04. The van der Waals surface area contributed by atoms with Crippen molar-refractivity contribution in [3.63, 3.8) is 0 Å². The Morgan fingerprint density at radius 1 is 1.19 bits per heavy atom. The quantitative estimate of drug-likeness (QED) is 0.341. The zero-order chi connectivity index (χ0) is 22.0.